The van der Waals surface area contributed by atoms with Crippen molar-refractivity contribution in [2.45, 2.75) is 6.92 Å². The zero-order valence-corrected chi connectivity index (χ0v) is 6.85. The highest BCUT2D eigenvalue weighted by atomic mass is 32.1. The summed E-state index contributed by atoms with van der Waals surface area (Å²) in [6.07, 6.45) is 1.82. The van der Waals surface area contributed by atoms with E-state index in [1.165, 1.54) is 0 Å². The van der Waals surface area contributed by atoms with E-state index in [0.717, 1.165) is 16.0 Å². The highest BCUT2D eigenvalue weighted by Gasteiger charge is 1.94. The molecule has 1 N–H and O–H groups in total. The summed E-state index contributed by atoms with van der Waals surface area (Å²) in [5, 5.41) is 2.97. The van der Waals surface area contributed by atoms with Crippen LogP contribution in [0.25, 0.3) is 5.65 Å². The van der Waals surface area contributed by atoms with Crippen LogP contribution in [0, 0.1) is 11.6 Å². The summed E-state index contributed by atoms with van der Waals surface area (Å²) in [5.41, 5.74) is 1.82. The van der Waals surface area contributed by atoms with Gasteiger partial charge in [-0.3, -0.25) is 5.10 Å². The average molecular weight is 165 g/mol. The van der Waals surface area contributed by atoms with Gasteiger partial charge in [0.25, 0.3) is 0 Å². The van der Waals surface area contributed by atoms with Crippen LogP contribution in [-0.4, -0.2) is 14.6 Å². The normalized spacial score (nSPS) is 10.6. The predicted molar refractivity (Wildman–Crippen MR) is 45.1 cm³/mol. The summed E-state index contributed by atoms with van der Waals surface area (Å²) in [6.45, 7) is 1.93. The maximum absolute atomic E-state index is 5.09. The van der Waals surface area contributed by atoms with Crippen LogP contribution in [0.4, 0.5) is 0 Å². The number of hydrogen-bond donors (Lipinski definition) is 1. The summed E-state index contributed by atoms with van der Waals surface area (Å²) in [6, 6.07) is 3.75. The Kier molecular flexibility index (Phi) is 1.29. The number of fused-ring (bicyclic) bond motifs is 1. The minimum absolute atomic E-state index is 0.762. The third-order valence-corrected chi connectivity index (χ3v) is 1.81. The lowest BCUT2D eigenvalue weighted by Gasteiger charge is -1.94. The predicted octanol–water partition coefficient (Wildman–Crippen LogP) is 1.70. The van der Waals surface area contributed by atoms with Crippen molar-refractivity contribution in [3.8, 4) is 0 Å². The molecule has 0 saturated heterocycles. The van der Waals surface area contributed by atoms with Crippen LogP contribution in [-0.2, 0) is 0 Å². The molecule has 56 valence electrons. The highest BCUT2D eigenvalue weighted by Crippen LogP contribution is 2.01. The minimum atomic E-state index is 0.762. The molecule has 0 aliphatic heterocycles. The van der Waals surface area contributed by atoms with Crippen molar-refractivity contribution >= 4 is 17.9 Å². The Labute approximate surface area is 68.7 Å². The van der Waals surface area contributed by atoms with Gasteiger partial charge in [0.2, 0.25) is 0 Å². The maximum atomic E-state index is 5.09. The van der Waals surface area contributed by atoms with E-state index < -0.39 is 0 Å². The van der Waals surface area contributed by atoms with E-state index in [1.807, 2.05) is 25.3 Å². The molecule has 0 amide bonds. The zero-order chi connectivity index (χ0) is 7.84. The molecule has 0 saturated carbocycles. The van der Waals surface area contributed by atoms with Gasteiger partial charge >= 0.3 is 0 Å². The summed E-state index contributed by atoms with van der Waals surface area (Å²) in [7, 11) is 0. The van der Waals surface area contributed by atoms with Gasteiger partial charge in [0.05, 0.1) is 0 Å². The molecular weight excluding hydrogens is 158 g/mol. The van der Waals surface area contributed by atoms with Crippen LogP contribution in [0.1, 0.15) is 5.69 Å². The third kappa shape index (κ3) is 0.952. The molecule has 0 fully saturated rings. The van der Waals surface area contributed by atoms with Crippen LogP contribution in [0.15, 0.2) is 18.3 Å². The van der Waals surface area contributed by atoms with Crippen molar-refractivity contribution in [3.63, 3.8) is 0 Å². The van der Waals surface area contributed by atoms with E-state index in [1.54, 1.807) is 4.52 Å². The molecule has 11 heavy (non-hydrogen) atoms. The van der Waals surface area contributed by atoms with E-state index in [2.05, 4.69) is 10.1 Å². The van der Waals surface area contributed by atoms with Crippen molar-refractivity contribution in [3.05, 3.63) is 28.7 Å². The lowest BCUT2D eigenvalue weighted by atomic mass is 10.4. The van der Waals surface area contributed by atoms with E-state index >= 15 is 0 Å². The van der Waals surface area contributed by atoms with Gasteiger partial charge in [-0.15, -0.1) is 0 Å². The molecule has 4 heteroatoms. The van der Waals surface area contributed by atoms with Gasteiger partial charge in [0.15, 0.2) is 5.65 Å². The highest BCUT2D eigenvalue weighted by molar-refractivity contribution is 7.71. The van der Waals surface area contributed by atoms with Crippen LogP contribution in [0.2, 0.25) is 0 Å². The van der Waals surface area contributed by atoms with Crippen molar-refractivity contribution in [2.75, 3.05) is 0 Å². The molecule has 2 aromatic rings. The largest absolute Gasteiger partial charge is 0.299 e. The fraction of sp³-hybridized carbons (Fsp3) is 0.143. The lowest BCUT2D eigenvalue weighted by Crippen LogP contribution is -1.92. The first kappa shape index (κ1) is 6.54. The average Bonchev–Trinajstić information content (AvgIpc) is 2.34. The SMILES string of the molecule is Cc1cc(=S)n2[nH]ccc2n1. The van der Waals surface area contributed by atoms with Crippen LogP contribution in [0.5, 0.6) is 0 Å². The summed E-state index contributed by atoms with van der Waals surface area (Å²) in [5.74, 6) is 0. The Morgan fingerprint density at radius 2 is 2.45 bits per heavy atom. The quantitative estimate of drug-likeness (QED) is 0.603. The monoisotopic (exact) mass is 165 g/mol. The first-order chi connectivity index (χ1) is 5.27. The van der Waals surface area contributed by atoms with Crippen LogP contribution >= 0.6 is 12.2 Å². The topological polar surface area (TPSA) is 33.1 Å². The van der Waals surface area contributed by atoms with E-state index in [4.69, 9.17) is 12.2 Å². The molecule has 0 bridgehead atoms. The van der Waals surface area contributed by atoms with Crippen LogP contribution in [0.3, 0.4) is 0 Å². The minimum Gasteiger partial charge on any atom is -0.299 e. The number of aromatic amines is 1. The number of aryl methyl sites for hydroxylation is 1. The lowest BCUT2D eigenvalue weighted by molar-refractivity contribution is 0.915. The summed E-state index contributed by atoms with van der Waals surface area (Å²) >= 11 is 5.09. The molecule has 0 aliphatic carbocycles. The number of nitrogens with one attached hydrogen (secondary N) is 1. The molecule has 0 aromatic carbocycles. The standard InChI is InChI=1S/C7H7N3S/c1-5-4-7(11)10-6(9-5)2-3-8-10/h2-4,8H,1H3. The first-order valence-corrected chi connectivity index (χ1v) is 3.72. The number of H-pyrrole nitrogens is 1. The molecular formula is C7H7N3S. The van der Waals surface area contributed by atoms with E-state index in [9.17, 15) is 0 Å². The Hall–Kier alpha value is -1.16. The van der Waals surface area contributed by atoms with Gasteiger partial charge in [0.1, 0.15) is 4.64 Å². The van der Waals surface area contributed by atoms with Gasteiger partial charge in [-0.2, -0.15) is 0 Å². The fourth-order valence-corrected chi connectivity index (χ4v) is 1.36. The molecule has 0 spiro atoms. The second-order valence-electron chi connectivity index (χ2n) is 2.39. The Morgan fingerprint density at radius 3 is 3.27 bits per heavy atom. The Morgan fingerprint density at radius 1 is 1.64 bits per heavy atom. The van der Waals surface area contributed by atoms with E-state index in [-0.39, 0.29) is 0 Å². The molecule has 2 aromatic heterocycles. The van der Waals surface area contributed by atoms with Crippen molar-refractivity contribution in [2.24, 2.45) is 0 Å². The Balaban J connectivity index is 3.02. The third-order valence-electron chi connectivity index (χ3n) is 1.51. The molecule has 0 aliphatic rings. The zero-order valence-electron chi connectivity index (χ0n) is 6.03. The smallest absolute Gasteiger partial charge is 0.154 e. The van der Waals surface area contributed by atoms with Crippen molar-refractivity contribution in [1.29, 1.82) is 0 Å². The van der Waals surface area contributed by atoms with Gasteiger partial charge in [-0.1, -0.05) is 12.2 Å². The molecule has 2 rings (SSSR count). The molecule has 0 unspecified atom stereocenters. The first-order valence-electron chi connectivity index (χ1n) is 3.31. The number of rotatable bonds is 0. The number of hydrogen-bond acceptors (Lipinski definition) is 2. The maximum Gasteiger partial charge on any atom is 0.154 e. The second kappa shape index (κ2) is 2.17. The van der Waals surface area contributed by atoms with Crippen LogP contribution < -0.4 is 0 Å². The van der Waals surface area contributed by atoms with Gasteiger partial charge in [-0.05, 0) is 13.0 Å². The molecule has 0 atom stereocenters. The van der Waals surface area contributed by atoms with Gasteiger partial charge in [0, 0.05) is 18.0 Å². The second-order valence-corrected chi connectivity index (χ2v) is 2.81. The number of nitrogens with zero attached hydrogens (tertiary/aromatic N) is 2. The Bertz CT molecular complexity index is 440. The number of aromatic nitrogens is 3. The van der Waals surface area contributed by atoms with Gasteiger partial charge < -0.3 is 0 Å². The molecule has 3 nitrogen and oxygen atoms in total. The summed E-state index contributed by atoms with van der Waals surface area (Å²) < 4.78 is 2.53. The fourth-order valence-electron chi connectivity index (χ4n) is 1.05. The molecule has 2 heterocycles. The summed E-state index contributed by atoms with van der Waals surface area (Å²) in [4.78, 5) is 4.26. The van der Waals surface area contributed by atoms with Gasteiger partial charge in [-0.25, -0.2) is 9.50 Å². The molecule has 0 radical (unpaired) electrons. The van der Waals surface area contributed by atoms with Crippen molar-refractivity contribution < 1.29 is 0 Å². The van der Waals surface area contributed by atoms with E-state index in [0.29, 0.717) is 0 Å². The van der Waals surface area contributed by atoms with Crippen molar-refractivity contribution in [1.82, 2.24) is 14.6 Å².